The van der Waals surface area contributed by atoms with Gasteiger partial charge in [-0.25, -0.2) is 4.57 Å². The zero-order chi connectivity index (χ0) is 23.0. The zero-order valence-electron chi connectivity index (χ0n) is 20.7. The van der Waals surface area contributed by atoms with Gasteiger partial charge in [-0.3, -0.25) is 4.98 Å². The molecule has 0 saturated heterocycles. The molecule has 2 nitrogen and oxygen atoms in total. The quantitative estimate of drug-likeness (QED) is 0.144. The Kier molecular flexibility index (Phi) is 12.2. The van der Waals surface area contributed by atoms with E-state index in [2.05, 4.69) is 65.3 Å². The van der Waals surface area contributed by atoms with Gasteiger partial charge in [-0.2, -0.15) is 0 Å². The van der Waals surface area contributed by atoms with Gasteiger partial charge < -0.3 is 0 Å². The molecule has 178 valence electrons. The van der Waals surface area contributed by atoms with Crippen LogP contribution in [0.15, 0.2) is 61.2 Å². The minimum Gasteiger partial charge on any atom is -0.265 e. The Hall–Kier alpha value is -2.00. The molecule has 3 heterocycles. The number of aromatic nitrogens is 2. The summed E-state index contributed by atoms with van der Waals surface area (Å²) in [6.07, 6.45) is 28.0. The summed E-state index contributed by atoms with van der Waals surface area (Å²) >= 11 is 1.85. The summed E-state index contributed by atoms with van der Waals surface area (Å²) in [7, 11) is 0. The first kappa shape index (κ1) is 25.6. The van der Waals surface area contributed by atoms with Crippen LogP contribution in [0.2, 0.25) is 0 Å². The predicted molar refractivity (Wildman–Crippen MR) is 143 cm³/mol. The van der Waals surface area contributed by atoms with Crippen LogP contribution in [0, 0.1) is 0 Å². The van der Waals surface area contributed by atoms with E-state index in [0.717, 1.165) is 6.54 Å². The van der Waals surface area contributed by atoms with Crippen LogP contribution in [0.3, 0.4) is 0 Å². The molecule has 0 aliphatic rings. The Morgan fingerprint density at radius 2 is 1.03 bits per heavy atom. The molecule has 0 aliphatic heterocycles. The van der Waals surface area contributed by atoms with E-state index >= 15 is 0 Å². The van der Waals surface area contributed by atoms with Gasteiger partial charge in [0.05, 0.1) is 0 Å². The Morgan fingerprint density at radius 1 is 0.576 bits per heavy atom. The number of aryl methyl sites for hydroxylation is 1. The smallest absolute Gasteiger partial charge is 0.169 e. The van der Waals surface area contributed by atoms with Crippen LogP contribution < -0.4 is 4.57 Å². The lowest BCUT2D eigenvalue weighted by Gasteiger charge is -2.03. The molecule has 0 fully saturated rings. The van der Waals surface area contributed by atoms with Crippen LogP contribution >= 0.6 is 11.3 Å². The normalized spacial score (nSPS) is 11.2. The summed E-state index contributed by atoms with van der Waals surface area (Å²) in [5, 5.41) is 0. The van der Waals surface area contributed by atoms with Crippen molar-refractivity contribution >= 4 is 11.3 Å². The summed E-state index contributed by atoms with van der Waals surface area (Å²) in [6.45, 7) is 3.42. The molecule has 0 unspecified atom stereocenters. The Balaban J connectivity index is 1.23. The fourth-order valence-corrected chi connectivity index (χ4v) is 5.44. The Labute approximate surface area is 206 Å². The third kappa shape index (κ3) is 9.80. The van der Waals surface area contributed by atoms with Crippen molar-refractivity contribution in [1.82, 2.24) is 4.98 Å². The highest BCUT2D eigenvalue weighted by atomic mass is 32.1. The van der Waals surface area contributed by atoms with Gasteiger partial charge in [0.1, 0.15) is 6.54 Å². The maximum absolute atomic E-state index is 4.12. The SMILES string of the molecule is CCCCCCCCCCCCCCCC[n+]1ccc(-c2ccc(-c3ccncc3)s2)cc1. The third-order valence-electron chi connectivity index (χ3n) is 6.52. The molecule has 3 heteroatoms. The van der Waals surface area contributed by atoms with E-state index in [4.69, 9.17) is 0 Å². The average molecular weight is 464 g/mol. The van der Waals surface area contributed by atoms with Gasteiger partial charge in [-0.05, 0) is 36.2 Å². The summed E-state index contributed by atoms with van der Waals surface area (Å²) in [5.41, 5.74) is 2.54. The molecule has 0 bridgehead atoms. The highest BCUT2D eigenvalue weighted by molar-refractivity contribution is 7.18. The van der Waals surface area contributed by atoms with Crippen LogP contribution in [0.4, 0.5) is 0 Å². The lowest BCUT2D eigenvalue weighted by molar-refractivity contribution is -0.697. The molecule has 3 aromatic heterocycles. The molecule has 0 saturated carbocycles. The monoisotopic (exact) mass is 463 g/mol. The van der Waals surface area contributed by atoms with Crippen molar-refractivity contribution in [3.05, 3.63) is 61.2 Å². The minimum atomic E-state index is 1.13. The van der Waals surface area contributed by atoms with Crippen molar-refractivity contribution in [3.8, 4) is 20.9 Å². The van der Waals surface area contributed by atoms with Crippen LogP contribution in [0.1, 0.15) is 96.8 Å². The van der Waals surface area contributed by atoms with Crippen LogP contribution in [0.25, 0.3) is 20.9 Å². The minimum absolute atomic E-state index is 1.13. The van der Waals surface area contributed by atoms with E-state index in [9.17, 15) is 0 Å². The van der Waals surface area contributed by atoms with E-state index < -0.39 is 0 Å². The second kappa shape index (κ2) is 15.8. The van der Waals surface area contributed by atoms with Crippen molar-refractivity contribution in [2.45, 2.75) is 103 Å². The number of thiophene rings is 1. The number of rotatable bonds is 17. The molecule has 3 aromatic rings. The molecule has 0 radical (unpaired) electrons. The first-order chi connectivity index (χ1) is 16.4. The number of nitrogens with zero attached hydrogens (tertiary/aromatic N) is 2. The van der Waals surface area contributed by atoms with Crippen molar-refractivity contribution < 1.29 is 4.57 Å². The van der Waals surface area contributed by atoms with Gasteiger partial charge in [-0.15, -0.1) is 11.3 Å². The fourth-order valence-electron chi connectivity index (χ4n) is 4.42. The molecule has 0 spiro atoms. The molecule has 0 aliphatic carbocycles. The Morgan fingerprint density at radius 3 is 1.55 bits per heavy atom. The van der Waals surface area contributed by atoms with Crippen LogP contribution in [-0.2, 0) is 6.54 Å². The summed E-state index contributed by atoms with van der Waals surface area (Å²) in [5.74, 6) is 0. The fraction of sp³-hybridized carbons (Fsp3) is 0.533. The summed E-state index contributed by atoms with van der Waals surface area (Å²) < 4.78 is 2.33. The maximum atomic E-state index is 4.12. The van der Waals surface area contributed by atoms with Crippen molar-refractivity contribution in [3.63, 3.8) is 0 Å². The molecular weight excluding hydrogens is 420 g/mol. The second-order valence-electron chi connectivity index (χ2n) is 9.32. The van der Waals surface area contributed by atoms with E-state index in [-0.39, 0.29) is 0 Å². The van der Waals surface area contributed by atoms with Gasteiger partial charge in [0.15, 0.2) is 12.4 Å². The Bertz CT molecular complexity index is 870. The number of unbranched alkanes of at least 4 members (excludes halogenated alkanes) is 13. The number of pyridine rings is 2. The standard InChI is InChI=1S/C30H43N2S/c1-2-3-4-5-6-7-8-9-10-11-12-13-14-15-24-32-25-20-28(21-26-32)30-17-16-29(33-30)27-18-22-31-23-19-27/h16-23,25-26H,2-15,24H2,1H3/q+1. The summed E-state index contributed by atoms with van der Waals surface area (Å²) in [4.78, 5) is 6.74. The van der Waals surface area contributed by atoms with E-state index in [1.165, 1.54) is 111 Å². The average Bonchev–Trinajstić information content (AvgIpc) is 3.36. The second-order valence-corrected chi connectivity index (χ2v) is 10.4. The van der Waals surface area contributed by atoms with Gasteiger partial charge in [0.25, 0.3) is 0 Å². The third-order valence-corrected chi connectivity index (χ3v) is 7.70. The van der Waals surface area contributed by atoms with Crippen LogP contribution in [0.5, 0.6) is 0 Å². The zero-order valence-corrected chi connectivity index (χ0v) is 21.5. The molecule has 0 atom stereocenters. The lowest BCUT2D eigenvalue weighted by Crippen LogP contribution is -2.32. The molecule has 0 aromatic carbocycles. The highest BCUT2D eigenvalue weighted by Gasteiger charge is 2.07. The van der Waals surface area contributed by atoms with Gasteiger partial charge >= 0.3 is 0 Å². The highest BCUT2D eigenvalue weighted by Crippen LogP contribution is 2.33. The summed E-state index contributed by atoms with van der Waals surface area (Å²) in [6, 6.07) is 13.1. The van der Waals surface area contributed by atoms with E-state index in [0.29, 0.717) is 0 Å². The van der Waals surface area contributed by atoms with Gasteiger partial charge in [0, 0.05) is 46.3 Å². The van der Waals surface area contributed by atoms with Crippen molar-refractivity contribution in [2.24, 2.45) is 0 Å². The van der Waals surface area contributed by atoms with Crippen LogP contribution in [-0.4, -0.2) is 4.98 Å². The van der Waals surface area contributed by atoms with E-state index in [1.54, 1.807) is 0 Å². The molecular formula is C30H43N2S+. The largest absolute Gasteiger partial charge is 0.265 e. The van der Waals surface area contributed by atoms with Crippen molar-refractivity contribution in [2.75, 3.05) is 0 Å². The first-order valence-electron chi connectivity index (χ1n) is 13.4. The molecule has 3 rings (SSSR count). The lowest BCUT2D eigenvalue weighted by atomic mass is 10.0. The van der Waals surface area contributed by atoms with Gasteiger partial charge in [-0.1, -0.05) is 84.0 Å². The van der Waals surface area contributed by atoms with E-state index in [1.807, 2.05) is 23.7 Å². The molecule has 0 amide bonds. The predicted octanol–water partition coefficient (Wildman–Crippen LogP) is 9.25. The maximum Gasteiger partial charge on any atom is 0.169 e. The molecule has 33 heavy (non-hydrogen) atoms. The molecule has 0 N–H and O–H groups in total. The van der Waals surface area contributed by atoms with Gasteiger partial charge in [0.2, 0.25) is 0 Å². The first-order valence-corrected chi connectivity index (χ1v) is 14.2. The van der Waals surface area contributed by atoms with Crippen molar-refractivity contribution in [1.29, 1.82) is 0 Å². The number of hydrogen-bond acceptors (Lipinski definition) is 2. The number of hydrogen-bond donors (Lipinski definition) is 0. The topological polar surface area (TPSA) is 16.8 Å².